The Kier molecular flexibility index (Phi) is 3.72. The highest BCUT2D eigenvalue weighted by Crippen LogP contribution is 2.46. The van der Waals surface area contributed by atoms with E-state index in [1.165, 1.54) is 84.0 Å². The summed E-state index contributed by atoms with van der Waals surface area (Å²) in [5.41, 5.74) is 0.794. The molecule has 1 unspecified atom stereocenters. The van der Waals surface area contributed by atoms with E-state index in [1.54, 1.807) is 0 Å². The SMILES string of the molecule is C1CNC(CCN2CCC3(CCCC3)CC2)C1. The molecule has 3 rings (SSSR count). The third kappa shape index (κ3) is 2.85. The average Bonchev–Trinajstić information content (AvgIpc) is 3.01. The van der Waals surface area contributed by atoms with Gasteiger partial charge in [-0.05, 0) is 76.5 Å². The fourth-order valence-corrected chi connectivity index (χ4v) is 4.22. The normalized spacial score (nSPS) is 33.5. The summed E-state index contributed by atoms with van der Waals surface area (Å²) in [6, 6.07) is 0.831. The molecule has 1 aliphatic carbocycles. The summed E-state index contributed by atoms with van der Waals surface area (Å²) in [6.45, 7) is 5.36. The molecular formula is C15H28N2. The molecule has 0 aromatic carbocycles. The van der Waals surface area contributed by atoms with Crippen molar-refractivity contribution in [2.45, 2.75) is 63.8 Å². The first-order chi connectivity index (χ1) is 8.36. The van der Waals surface area contributed by atoms with Crippen LogP contribution < -0.4 is 5.32 Å². The smallest absolute Gasteiger partial charge is 0.00797 e. The Morgan fingerprint density at radius 2 is 1.76 bits per heavy atom. The molecular weight excluding hydrogens is 208 g/mol. The molecule has 1 N–H and O–H groups in total. The van der Waals surface area contributed by atoms with Crippen molar-refractivity contribution in [1.29, 1.82) is 0 Å². The van der Waals surface area contributed by atoms with Gasteiger partial charge in [0.15, 0.2) is 0 Å². The molecule has 2 heteroatoms. The Balaban J connectivity index is 1.39. The Hall–Kier alpha value is -0.0800. The molecule has 1 saturated carbocycles. The zero-order valence-electron chi connectivity index (χ0n) is 11.2. The van der Waals surface area contributed by atoms with Crippen LogP contribution >= 0.6 is 0 Å². The van der Waals surface area contributed by atoms with Crippen molar-refractivity contribution in [2.24, 2.45) is 5.41 Å². The third-order valence-corrected chi connectivity index (χ3v) is 5.54. The van der Waals surface area contributed by atoms with Gasteiger partial charge in [0.25, 0.3) is 0 Å². The number of piperidine rings is 1. The molecule has 2 aliphatic heterocycles. The van der Waals surface area contributed by atoms with Crippen LogP contribution in [-0.2, 0) is 0 Å². The van der Waals surface area contributed by atoms with E-state index in [2.05, 4.69) is 10.2 Å². The Morgan fingerprint density at radius 1 is 1.00 bits per heavy atom. The van der Waals surface area contributed by atoms with Crippen molar-refractivity contribution in [3.05, 3.63) is 0 Å². The fraction of sp³-hybridized carbons (Fsp3) is 1.00. The van der Waals surface area contributed by atoms with Gasteiger partial charge in [0.1, 0.15) is 0 Å². The van der Waals surface area contributed by atoms with Gasteiger partial charge in [-0.3, -0.25) is 0 Å². The molecule has 17 heavy (non-hydrogen) atoms. The van der Waals surface area contributed by atoms with Gasteiger partial charge in [-0.25, -0.2) is 0 Å². The molecule has 0 bridgehead atoms. The first-order valence-corrected chi connectivity index (χ1v) is 7.82. The van der Waals surface area contributed by atoms with E-state index in [-0.39, 0.29) is 0 Å². The summed E-state index contributed by atoms with van der Waals surface area (Å²) in [7, 11) is 0. The van der Waals surface area contributed by atoms with Crippen LogP contribution in [0, 0.1) is 5.41 Å². The van der Waals surface area contributed by atoms with Gasteiger partial charge in [0, 0.05) is 6.04 Å². The Bertz CT molecular complexity index is 227. The maximum absolute atomic E-state index is 3.62. The quantitative estimate of drug-likeness (QED) is 0.810. The van der Waals surface area contributed by atoms with Crippen LogP contribution in [0.5, 0.6) is 0 Å². The number of nitrogens with zero attached hydrogens (tertiary/aromatic N) is 1. The van der Waals surface area contributed by atoms with Crippen LogP contribution in [0.1, 0.15) is 57.8 Å². The largest absolute Gasteiger partial charge is 0.314 e. The van der Waals surface area contributed by atoms with Crippen molar-refractivity contribution in [2.75, 3.05) is 26.2 Å². The molecule has 0 aromatic rings. The minimum absolute atomic E-state index is 0.794. The molecule has 1 atom stereocenters. The summed E-state index contributed by atoms with van der Waals surface area (Å²) in [5.74, 6) is 0. The van der Waals surface area contributed by atoms with Crippen molar-refractivity contribution in [3.8, 4) is 0 Å². The van der Waals surface area contributed by atoms with E-state index in [9.17, 15) is 0 Å². The van der Waals surface area contributed by atoms with E-state index in [4.69, 9.17) is 0 Å². The van der Waals surface area contributed by atoms with Crippen molar-refractivity contribution < 1.29 is 0 Å². The van der Waals surface area contributed by atoms with Gasteiger partial charge in [0.2, 0.25) is 0 Å². The zero-order valence-corrected chi connectivity index (χ0v) is 11.2. The number of likely N-dealkylation sites (tertiary alicyclic amines) is 1. The molecule has 98 valence electrons. The molecule has 0 amide bonds. The molecule has 2 heterocycles. The van der Waals surface area contributed by atoms with Gasteiger partial charge < -0.3 is 10.2 Å². The van der Waals surface area contributed by atoms with E-state index < -0.39 is 0 Å². The Labute approximate surface area is 106 Å². The minimum Gasteiger partial charge on any atom is -0.314 e. The second-order valence-electron chi connectivity index (χ2n) is 6.63. The predicted molar refractivity (Wildman–Crippen MR) is 72.2 cm³/mol. The Morgan fingerprint density at radius 3 is 2.41 bits per heavy atom. The van der Waals surface area contributed by atoms with Crippen LogP contribution in [0.2, 0.25) is 0 Å². The van der Waals surface area contributed by atoms with E-state index in [0.29, 0.717) is 0 Å². The topological polar surface area (TPSA) is 15.3 Å². The first-order valence-electron chi connectivity index (χ1n) is 7.82. The number of rotatable bonds is 3. The molecule has 0 aromatic heterocycles. The fourth-order valence-electron chi connectivity index (χ4n) is 4.22. The van der Waals surface area contributed by atoms with Crippen LogP contribution in [0.4, 0.5) is 0 Å². The lowest BCUT2D eigenvalue weighted by Crippen LogP contribution is -2.40. The zero-order chi connectivity index (χ0) is 11.6. The molecule has 2 saturated heterocycles. The number of hydrogen-bond donors (Lipinski definition) is 1. The van der Waals surface area contributed by atoms with Crippen molar-refractivity contribution in [1.82, 2.24) is 10.2 Å². The summed E-state index contributed by atoms with van der Waals surface area (Å²) in [5, 5.41) is 3.62. The van der Waals surface area contributed by atoms with Gasteiger partial charge in [-0.2, -0.15) is 0 Å². The highest BCUT2D eigenvalue weighted by atomic mass is 15.1. The highest BCUT2D eigenvalue weighted by Gasteiger charge is 2.36. The predicted octanol–water partition coefficient (Wildman–Crippen LogP) is 2.78. The summed E-state index contributed by atoms with van der Waals surface area (Å²) < 4.78 is 0. The lowest BCUT2D eigenvalue weighted by molar-refractivity contribution is 0.106. The molecule has 3 fully saturated rings. The summed E-state index contributed by atoms with van der Waals surface area (Å²) in [6.07, 6.45) is 13.3. The standard InChI is InChI=1S/C15H28N2/c1-2-7-15(6-1)8-12-17(13-9-15)11-5-14-4-3-10-16-14/h14,16H,1-13H2. The first kappa shape index (κ1) is 12.0. The van der Waals surface area contributed by atoms with Gasteiger partial charge >= 0.3 is 0 Å². The monoisotopic (exact) mass is 236 g/mol. The highest BCUT2D eigenvalue weighted by molar-refractivity contribution is 4.90. The number of nitrogens with one attached hydrogen (secondary N) is 1. The van der Waals surface area contributed by atoms with E-state index in [1.807, 2.05) is 0 Å². The minimum atomic E-state index is 0.794. The van der Waals surface area contributed by atoms with Crippen molar-refractivity contribution >= 4 is 0 Å². The molecule has 3 aliphatic rings. The maximum Gasteiger partial charge on any atom is 0.00797 e. The number of hydrogen-bond acceptors (Lipinski definition) is 2. The third-order valence-electron chi connectivity index (χ3n) is 5.54. The second kappa shape index (κ2) is 5.27. The van der Waals surface area contributed by atoms with Crippen molar-refractivity contribution in [3.63, 3.8) is 0 Å². The molecule has 1 spiro atoms. The van der Waals surface area contributed by atoms with Gasteiger partial charge in [-0.15, -0.1) is 0 Å². The van der Waals surface area contributed by atoms with E-state index >= 15 is 0 Å². The molecule has 2 nitrogen and oxygen atoms in total. The van der Waals surface area contributed by atoms with Crippen LogP contribution in [-0.4, -0.2) is 37.1 Å². The second-order valence-corrected chi connectivity index (χ2v) is 6.63. The van der Waals surface area contributed by atoms with Crippen LogP contribution in [0.3, 0.4) is 0 Å². The van der Waals surface area contributed by atoms with E-state index in [0.717, 1.165) is 11.5 Å². The summed E-state index contributed by atoms with van der Waals surface area (Å²) >= 11 is 0. The molecule has 0 radical (unpaired) electrons. The van der Waals surface area contributed by atoms with Crippen LogP contribution in [0.15, 0.2) is 0 Å². The average molecular weight is 236 g/mol. The van der Waals surface area contributed by atoms with Gasteiger partial charge in [0.05, 0.1) is 0 Å². The lowest BCUT2D eigenvalue weighted by atomic mass is 9.77. The summed E-state index contributed by atoms with van der Waals surface area (Å²) in [4.78, 5) is 2.73. The van der Waals surface area contributed by atoms with Gasteiger partial charge in [-0.1, -0.05) is 12.8 Å². The maximum atomic E-state index is 3.62. The lowest BCUT2D eigenvalue weighted by Gasteiger charge is -2.39. The van der Waals surface area contributed by atoms with Crippen LogP contribution in [0.25, 0.3) is 0 Å².